The quantitative estimate of drug-likeness (QED) is 0.288. The third kappa shape index (κ3) is 3.57. The molecular weight excluding hydrogens is 204 g/mol. The Morgan fingerprint density at radius 3 is 2.07 bits per heavy atom. The third-order valence-corrected chi connectivity index (χ3v) is 1.93. The third-order valence-electron chi connectivity index (χ3n) is 1.68. The summed E-state index contributed by atoms with van der Waals surface area (Å²) in [5.74, 6) is 1.24. The largest absolute Gasteiger partial charge is 0.391 e. The Morgan fingerprint density at radius 2 is 1.71 bits per heavy atom. The number of hydrogen-bond acceptors (Lipinski definition) is 5. The summed E-state index contributed by atoms with van der Waals surface area (Å²) >= 11 is 0. The average Bonchev–Trinajstić information content (AvgIpc) is 2.14. The molecule has 0 aliphatic carbocycles. The number of hydrogen-bond donors (Lipinski definition) is 4. The minimum atomic E-state index is -1.78. The zero-order chi connectivity index (χ0) is 11.3. The van der Waals surface area contributed by atoms with Crippen molar-refractivity contribution >= 4 is 16.0 Å². The minimum Gasteiger partial charge on any atom is -0.391 e. The number of aliphatic hydroxyl groups excluding tert-OH is 4. The maximum atomic E-state index is 11.0. The highest BCUT2D eigenvalue weighted by atomic mass is 28.1. The second-order valence-corrected chi connectivity index (χ2v) is 3.41. The molecule has 80 valence electrons. The van der Waals surface area contributed by atoms with E-state index in [1.54, 1.807) is 0 Å². The summed E-state index contributed by atoms with van der Waals surface area (Å²) in [6.07, 6.45) is -6.28. The average molecular weight is 218 g/mol. The molecule has 0 aromatic rings. The highest BCUT2D eigenvalue weighted by Gasteiger charge is 2.31. The van der Waals surface area contributed by atoms with Gasteiger partial charge in [0.2, 0.25) is 5.78 Å². The Kier molecular flexibility index (Phi) is 5.60. The fraction of sp³-hybridized carbons (Fsp3) is 0.625. The van der Waals surface area contributed by atoms with Gasteiger partial charge in [0.25, 0.3) is 0 Å². The number of carbonyl (C=O) groups is 1. The van der Waals surface area contributed by atoms with Gasteiger partial charge in [0, 0.05) is 0 Å². The lowest BCUT2D eigenvalue weighted by Gasteiger charge is -2.22. The molecule has 0 aromatic carbocycles. The van der Waals surface area contributed by atoms with E-state index in [1.807, 2.05) is 0 Å². The summed E-state index contributed by atoms with van der Waals surface area (Å²) in [6.45, 7) is 1.24. The molecule has 6 heteroatoms. The van der Waals surface area contributed by atoms with Gasteiger partial charge < -0.3 is 20.4 Å². The van der Waals surface area contributed by atoms with E-state index in [9.17, 15) is 15.0 Å². The van der Waals surface area contributed by atoms with Crippen molar-refractivity contribution in [1.82, 2.24) is 0 Å². The van der Waals surface area contributed by atoms with Gasteiger partial charge in [-0.3, -0.25) is 4.79 Å². The summed E-state index contributed by atoms with van der Waals surface area (Å²) in [4.78, 5) is 11.0. The second kappa shape index (κ2) is 5.90. The van der Waals surface area contributed by atoms with E-state index in [-0.39, 0.29) is 0 Å². The van der Waals surface area contributed by atoms with E-state index in [0.717, 1.165) is 0 Å². The van der Waals surface area contributed by atoms with Crippen LogP contribution in [-0.4, -0.2) is 60.9 Å². The molecule has 0 aliphatic rings. The molecule has 0 saturated heterocycles. The Hall–Kier alpha value is -0.713. The van der Waals surface area contributed by atoms with E-state index in [2.05, 4.69) is 11.5 Å². The van der Waals surface area contributed by atoms with Crippen molar-refractivity contribution in [2.75, 3.05) is 0 Å². The van der Waals surface area contributed by atoms with Gasteiger partial charge in [0.15, 0.2) is 6.10 Å². The van der Waals surface area contributed by atoms with Crippen LogP contribution in [0.3, 0.4) is 0 Å². The molecule has 0 aliphatic heterocycles. The smallest absolute Gasteiger partial charge is 0.236 e. The first kappa shape index (κ1) is 13.3. The first-order valence-electron chi connectivity index (χ1n) is 4.10. The maximum Gasteiger partial charge on any atom is 0.236 e. The number of ketones is 1. The Balaban J connectivity index is 4.43. The van der Waals surface area contributed by atoms with Crippen LogP contribution < -0.4 is 0 Å². The topological polar surface area (TPSA) is 98.0 Å². The van der Waals surface area contributed by atoms with E-state index in [1.165, 1.54) is 6.92 Å². The molecule has 0 bridgehead atoms. The van der Waals surface area contributed by atoms with Gasteiger partial charge >= 0.3 is 0 Å². The standard InChI is InChI=1S/C8H14O5Si/c1-4(9)6(11)8(13)7(12)5(10)2-3-14/h4,6-9,11-13H,1,14H3/t4-,6+,7+,8+/m1/s1. The van der Waals surface area contributed by atoms with Crippen molar-refractivity contribution in [2.45, 2.75) is 31.3 Å². The van der Waals surface area contributed by atoms with Crippen LogP contribution >= 0.6 is 0 Å². The zero-order valence-corrected chi connectivity index (χ0v) is 10.0. The number of carbonyl (C=O) groups excluding carboxylic acids is 1. The molecule has 0 aromatic heterocycles. The fourth-order valence-electron chi connectivity index (χ4n) is 0.824. The monoisotopic (exact) mass is 218 g/mol. The molecule has 4 N–H and O–H groups in total. The lowest BCUT2D eigenvalue weighted by Crippen LogP contribution is -2.46. The SMILES string of the molecule is C[C@@H](O)[C@H](O)[C@H](O)[C@@H](O)C(=O)C#C[SiH3]. The van der Waals surface area contributed by atoms with Gasteiger partial charge in [0.1, 0.15) is 12.2 Å². The molecule has 0 unspecified atom stereocenters. The van der Waals surface area contributed by atoms with Gasteiger partial charge in [-0.05, 0) is 12.8 Å². The van der Waals surface area contributed by atoms with E-state index >= 15 is 0 Å². The molecule has 14 heavy (non-hydrogen) atoms. The highest BCUT2D eigenvalue weighted by molar-refractivity contribution is 6.24. The molecule has 0 amide bonds. The number of aliphatic hydroxyl groups is 4. The fourth-order valence-corrected chi connectivity index (χ4v) is 1.07. The highest BCUT2D eigenvalue weighted by Crippen LogP contribution is 2.05. The molecule has 0 heterocycles. The predicted molar refractivity (Wildman–Crippen MR) is 52.4 cm³/mol. The Labute approximate surface area is 84.8 Å². The molecular formula is C8H14O5Si. The van der Waals surface area contributed by atoms with Crippen LogP contribution in [0.25, 0.3) is 0 Å². The summed E-state index contributed by atoms with van der Waals surface area (Å²) < 4.78 is 0. The lowest BCUT2D eigenvalue weighted by molar-refractivity contribution is -0.138. The van der Waals surface area contributed by atoms with Crippen LogP contribution in [0.2, 0.25) is 0 Å². The Bertz CT molecular complexity index is 254. The first-order chi connectivity index (χ1) is 6.41. The van der Waals surface area contributed by atoms with Crippen LogP contribution in [-0.2, 0) is 4.79 Å². The Morgan fingerprint density at radius 1 is 1.21 bits per heavy atom. The van der Waals surface area contributed by atoms with Crippen molar-refractivity contribution < 1.29 is 25.2 Å². The summed E-state index contributed by atoms with van der Waals surface area (Å²) in [5.41, 5.74) is 2.40. The first-order valence-corrected chi connectivity index (χ1v) is 5.10. The van der Waals surface area contributed by atoms with Crippen molar-refractivity contribution in [3.63, 3.8) is 0 Å². The molecule has 0 spiro atoms. The van der Waals surface area contributed by atoms with Gasteiger partial charge in [-0.15, -0.1) is 5.54 Å². The summed E-state index contributed by atoms with van der Waals surface area (Å²) in [7, 11) is 0.485. The summed E-state index contributed by atoms with van der Waals surface area (Å²) in [5, 5.41) is 36.4. The van der Waals surface area contributed by atoms with Gasteiger partial charge in [0.05, 0.1) is 16.3 Å². The van der Waals surface area contributed by atoms with Gasteiger partial charge in [-0.2, -0.15) is 0 Å². The van der Waals surface area contributed by atoms with Crippen molar-refractivity contribution in [3.05, 3.63) is 0 Å². The second-order valence-electron chi connectivity index (χ2n) is 2.91. The van der Waals surface area contributed by atoms with Crippen molar-refractivity contribution in [1.29, 1.82) is 0 Å². The van der Waals surface area contributed by atoms with Crippen molar-refractivity contribution in [3.8, 4) is 11.5 Å². The molecule has 0 rings (SSSR count). The predicted octanol–water partition coefficient (Wildman–Crippen LogP) is -3.65. The zero-order valence-electron chi connectivity index (χ0n) is 8.01. The van der Waals surface area contributed by atoms with Crippen LogP contribution in [0.15, 0.2) is 0 Å². The molecule has 5 nitrogen and oxygen atoms in total. The number of Topliss-reactive ketones (excluding diaryl/α,β-unsaturated/α-hetero) is 1. The van der Waals surface area contributed by atoms with Crippen molar-refractivity contribution in [2.24, 2.45) is 0 Å². The van der Waals surface area contributed by atoms with E-state index < -0.39 is 30.2 Å². The van der Waals surface area contributed by atoms with Gasteiger partial charge in [-0.25, -0.2) is 0 Å². The minimum absolute atomic E-state index is 0.485. The maximum absolute atomic E-state index is 11.0. The molecule has 0 radical (unpaired) electrons. The normalized spacial score (nSPS) is 18.9. The van der Waals surface area contributed by atoms with E-state index in [0.29, 0.717) is 10.2 Å². The van der Waals surface area contributed by atoms with Crippen LogP contribution in [0.1, 0.15) is 6.92 Å². The van der Waals surface area contributed by atoms with Gasteiger partial charge in [-0.1, -0.05) is 0 Å². The van der Waals surface area contributed by atoms with E-state index in [4.69, 9.17) is 10.2 Å². The van der Waals surface area contributed by atoms with Crippen LogP contribution in [0.5, 0.6) is 0 Å². The molecule has 4 atom stereocenters. The summed E-state index contributed by atoms with van der Waals surface area (Å²) in [6, 6.07) is 0. The molecule has 0 saturated carbocycles. The molecule has 0 fully saturated rings. The van der Waals surface area contributed by atoms with Crippen LogP contribution in [0.4, 0.5) is 0 Å². The number of rotatable bonds is 4. The lowest BCUT2D eigenvalue weighted by atomic mass is 10.0. The van der Waals surface area contributed by atoms with Crippen LogP contribution in [0, 0.1) is 11.5 Å².